The fourth-order valence-corrected chi connectivity index (χ4v) is 2.56. The third kappa shape index (κ3) is 4.41. The lowest BCUT2D eigenvalue weighted by atomic mass is 10.2. The summed E-state index contributed by atoms with van der Waals surface area (Å²) >= 11 is 0. The number of nitriles is 1. The van der Waals surface area contributed by atoms with Gasteiger partial charge in [-0.25, -0.2) is 4.98 Å². The number of hydrogen-bond acceptors (Lipinski definition) is 5. The van der Waals surface area contributed by atoms with Crippen molar-refractivity contribution in [3.05, 3.63) is 83.7 Å². The molecule has 0 atom stereocenters. The Hall–Kier alpha value is -3.85. The van der Waals surface area contributed by atoms with E-state index in [0.29, 0.717) is 17.8 Å². The normalized spacial score (nSPS) is 9.93. The Morgan fingerprint density at radius 3 is 2.63 bits per heavy atom. The van der Waals surface area contributed by atoms with Crippen molar-refractivity contribution in [2.45, 2.75) is 6.54 Å². The lowest BCUT2D eigenvalue weighted by molar-refractivity contribution is 0.102. The Kier molecular flexibility index (Phi) is 5.65. The molecule has 0 aliphatic rings. The van der Waals surface area contributed by atoms with Gasteiger partial charge in [0.1, 0.15) is 17.5 Å². The molecule has 1 amide bonds. The molecule has 0 saturated heterocycles. The van der Waals surface area contributed by atoms with Gasteiger partial charge in [0.25, 0.3) is 5.91 Å². The smallest absolute Gasteiger partial charge is 0.274 e. The van der Waals surface area contributed by atoms with Crippen molar-refractivity contribution >= 4 is 17.3 Å². The van der Waals surface area contributed by atoms with Crippen LogP contribution in [0.15, 0.2) is 66.9 Å². The van der Waals surface area contributed by atoms with E-state index >= 15 is 0 Å². The second-order valence-electron chi connectivity index (χ2n) is 5.71. The molecule has 2 aromatic carbocycles. The summed E-state index contributed by atoms with van der Waals surface area (Å²) < 4.78 is 5.33. The van der Waals surface area contributed by atoms with E-state index in [2.05, 4.69) is 15.6 Å². The van der Waals surface area contributed by atoms with Crippen LogP contribution in [-0.4, -0.2) is 18.0 Å². The lowest BCUT2D eigenvalue weighted by Gasteiger charge is -2.11. The highest BCUT2D eigenvalue weighted by Crippen LogP contribution is 2.19. The van der Waals surface area contributed by atoms with Gasteiger partial charge in [0.15, 0.2) is 0 Å². The summed E-state index contributed by atoms with van der Waals surface area (Å²) in [6.07, 6.45) is 1.60. The molecule has 27 heavy (non-hydrogen) atoms. The molecular formula is C21H18N4O2. The number of carbonyl (C=O) groups excluding carboxylic acids is 1. The molecule has 0 saturated carbocycles. The van der Waals surface area contributed by atoms with Crippen molar-refractivity contribution in [3.8, 4) is 11.8 Å². The average Bonchev–Trinajstić information content (AvgIpc) is 2.73. The molecule has 0 fully saturated rings. The van der Waals surface area contributed by atoms with Crippen LogP contribution in [0.25, 0.3) is 0 Å². The first-order valence-electron chi connectivity index (χ1n) is 8.33. The van der Waals surface area contributed by atoms with Crippen LogP contribution in [0.4, 0.5) is 11.4 Å². The Labute approximate surface area is 157 Å². The number of carbonyl (C=O) groups is 1. The number of hydrogen-bond donors (Lipinski definition) is 2. The number of nitrogens with one attached hydrogen (secondary N) is 2. The van der Waals surface area contributed by atoms with Crippen molar-refractivity contribution in [3.63, 3.8) is 0 Å². The van der Waals surface area contributed by atoms with Gasteiger partial charge in [-0.1, -0.05) is 30.3 Å². The van der Waals surface area contributed by atoms with Crippen LogP contribution in [0.5, 0.6) is 5.75 Å². The maximum absolute atomic E-state index is 12.3. The van der Waals surface area contributed by atoms with E-state index in [1.807, 2.05) is 30.3 Å². The van der Waals surface area contributed by atoms with E-state index in [1.54, 1.807) is 49.7 Å². The third-order valence-electron chi connectivity index (χ3n) is 3.97. The van der Waals surface area contributed by atoms with Crippen LogP contribution < -0.4 is 15.4 Å². The van der Waals surface area contributed by atoms with Gasteiger partial charge in [0.2, 0.25) is 0 Å². The van der Waals surface area contributed by atoms with E-state index in [-0.39, 0.29) is 11.6 Å². The number of anilines is 2. The maximum Gasteiger partial charge on any atom is 0.274 e. The van der Waals surface area contributed by atoms with Crippen LogP contribution in [-0.2, 0) is 6.54 Å². The zero-order chi connectivity index (χ0) is 19.1. The van der Waals surface area contributed by atoms with E-state index < -0.39 is 0 Å². The molecule has 3 rings (SSSR count). The first kappa shape index (κ1) is 18.0. The fraction of sp³-hybridized carbons (Fsp3) is 0.0952. The predicted molar refractivity (Wildman–Crippen MR) is 104 cm³/mol. The SMILES string of the molecule is COc1ccccc1CNc1ccc(C(=O)Nc2ccccc2C#N)nc1. The Morgan fingerprint density at radius 1 is 1.11 bits per heavy atom. The molecule has 3 aromatic rings. The largest absolute Gasteiger partial charge is 0.496 e. The first-order valence-corrected chi connectivity index (χ1v) is 8.33. The predicted octanol–water partition coefficient (Wildman–Crippen LogP) is 3.83. The van der Waals surface area contributed by atoms with Crippen molar-refractivity contribution in [2.24, 2.45) is 0 Å². The van der Waals surface area contributed by atoms with Gasteiger partial charge in [-0.15, -0.1) is 0 Å². The quantitative estimate of drug-likeness (QED) is 0.699. The highest BCUT2D eigenvalue weighted by molar-refractivity contribution is 6.03. The number of methoxy groups -OCH3 is 1. The minimum atomic E-state index is -0.367. The third-order valence-corrected chi connectivity index (χ3v) is 3.97. The van der Waals surface area contributed by atoms with Gasteiger partial charge in [-0.3, -0.25) is 4.79 Å². The molecule has 0 aliphatic heterocycles. The van der Waals surface area contributed by atoms with Gasteiger partial charge in [-0.05, 0) is 30.3 Å². The number of pyridine rings is 1. The van der Waals surface area contributed by atoms with E-state index in [1.165, 1.54) is 0 Å². The van der Waals surface area contributed by atoms with Crippen LogP contribution in [0, 0.1) is 11.3 Å². The van der Waals surface area contributed by atoms with Crippen LogP contribution in [0.2, 0.25) is 0 Å². The van der Waals surface area contributed by atoms with Crippen molar-refractivity contribution in [2.75, 3.05) is 17.7 Å². The summed E-state index contributed by atoms with van der Waals surface area (Å²) in [7, 11) is 1.64. The highest BCUT2D eigenvalue weighted by atomic mass is 16.5. The van der Waals surface area contributed by atoms with Crippen LogP contribution in [0.1, 0.15) is 21.6 Å². The fourth-order valence-electron chi connectivity index (χ4n) is 2.56. The zero-order valence-electron chi connectivity index (χ0n) is 14.8. The molecule has 134 valence electrons. The summed E-state index contributed by atoms with van der Waals surface area (Å²) in [6, 6.07) is 20.0. The average molecular weight is 358 g/mol. The second kappa shape index (κ2) is 8.50. The molecule has 0 bridgehead atoms. The highest BCUT2D eigenvalue weighted by Gasteiger charge is 2.10. The molecule has 2 N–H and O–H groups in total. The topological polar surface area (TPSA) is 87.0 Å². The summed E-state index contributed by atoms with van der Waals surface area (Å²) in [4.78, 5) is 16.5. The van der Waals surface area contributed by atoms with E-state index in [4.69, 9.17) is 10.00 Å². The summed E-state index contributed by atoms with van der Waals surface area (Å²) in [5, 5.41) is 15.1. The number of amides is 1. The number of ether oxygens (including phenoxy) is 1. The molecule has 6 heteroatoms. The minimum Gasteiger partial charge on any atom is -0.496 e. The Bertz CT molecular complexity index is 978. The van der Waals surface area contributed by atoms with Crippen molar-refractivity contribution in [1.82, 2.24) is 4.98 Å². The first-order chi connectivity index (χ1) is 13.2. The van der Waals surface area contributed by atoms with Gasteiger partial charge >= 0.3 is 0 Å². The van der Waals surface area contributed by atoms with Crippen molar-refractivity contribution < 1.29 is 9.53 Å². The summed E-state index contributed by atoms with van der Waals surface area (Å²) in [5.41, 5.74) is 2.95. The standard InChI is InChI=1S/C21H18N4O2/c1-27-20-9-5-3-7-16(20)13-23-17-10-11-19(24-14-17)21(26)25-18-8-4-2-6-15(18)12-22/h2-11,14,23H,13H2,1H3,(H,25,26). The molecule has 6 nitrogen and oxygen atoms in total. The summed E-state index contributed by atoms with van der Waals surface area (Å²) in [5.74, 6) is 0.444. The Balaban J connectivity index is 1.64. The van der Waals surface area contributed by atoms with Gasteiger partial charge < -0.3 is 15.4 Å². The second-order valence-corrected chi connectivity index (χ2v) is 5.71. The van der Waals surface area contributed by atoms with E-state index in [0.717, 1.165) is 17.0 Å². The molecule has 0 spiro atoms. The van der Waals surface area contributed by atoms with E-state index in [9.17, 15) is 4.79 Å². The number of benzene rings is 2. The molecule has 0 radical (unpaired) electrons. The molecular weight excluding hydrogens is 340 g/mol. The molecule has 0 aliphatic carbocycles. The van der Waals surface area contributed by atoms with Gasteiger partial charge in [0, 0.05) is 12.1 Å². The monoisotopic (exact) mass is 358 g/mol. The number of nitrogens with zero attached hydrogens (tertiary/aromatic N) is 2. The van der Waals surface area contributed by atoms with Gasteiger partial charge in [0.05, 0.1) is 30.2 Å². The maximum atomic E-state index is 12.3. The molecule has 0 unspecified atom stereocenters. The number of para-hydroxylation sites is 2. The summed E-state index contributed by atoms with van der Waals surface area (Å²) in [6.45, 7) is 0.576. The van der Waals surface area contributed by atoms with Crippen molar-refractivity contribution in [1.29, 1.82) is 5.26 Å². The van der Waals surface area contributed by atoms with Crippen LogP contribution in [0.3, 0.4) is 0 Å². The lowest BCUT2D eigenvalue weighted by Crippen LogP contribution is -2.14. The minimum absolute atomic E-state index is 0.269. The number of rotatable bonds is 6. The number of aromatic nitrogens is 1. The van der Waals surface area contributed by atoms with Gasteiger partial charge in [-0.2, -0.15) is 5.26 Å². The Morgan fingerprint density at radius 2 is 1.89 bits per heavy atom. The molecule has 1 heterocycles. The molecule has 1 aromatic heterocycles. The zero-order valence-corrected chi connectivity index (χ0v) is 14.8. The van der Waals surface area contributed by atoms with Crippen LogP contribution >= 0.6 is 0 Å².